The van der Waals surface area contributed by atoms with Crippen LogP contribution in [0.1, 0.15) is 0 Å². The van der Waals surface area contributed by atoms with Gasteiger partial charge in [-0.2, -0.15) is 0 Å². The van der Waals surface area contributed by atoms with Crippen LogP contribution in [0.5, 0.6) is 0 Å². The number of fused-ring (bicyclic) bond motifs is 10. The summed E-state index contributed by atoms with van der Waals surface area (Å²) >= 11 is 0. The smallest absolute Gasteiger partial charge is 0.137 e. The maximum Gasteiger partial charge on any atom is 0.137 e. The summed E-state index contributed by atoms with van der Waals surface area (Å²) in [4.78, 5) is 0. The maximum absolute atomic E-state index is 6.37. The number of aromatic nitrogens is 2. The molecule has 0 saturated carbocycles. The molecule has 0 amide bonds. The zero-order valence-corrected chi connectivity index (χ0v) is 29.8. The molecule has 12 rings (SSSR count). The van der Waals surface area contributed by atoms with Crippen LogP contribution >= 0.6 is 0 Å². The maximum atomic E-state index is 6.37. The van der Waals surface area contributed by atoms with E-state index >= 15 is 0 Å². The number of hydrogen-bond acceptors (Lipinski definition) is 1. The van der Waals surface area contributed by atoms with Crippen LogP contribution in [0.2, 0.25) is 0 Å². The molecule has 3 heterocycles. The second kappa shape index (κ2) is 11.6. The van der Waals surface area contributed by atoms with Gasteiger partial charge in [0.25, 0.3) is 0 Å². The Morgan fingerprint density at radius 2 is 0.818 bits per heavy atom. The average molecular weight is 701 g/mol. The Balaban J connectivity index is 1.07. The van der Waals surface area contributed by atoms with Crippen LogP contribution in [0.4, 0.5) is 0 Å². The lowest BCUT2D eigenvalue weighted by Gasteiger charge is -2.10. The molecule has 0 aliphatic carbocycles. The summed E-state index contributed by atoms with van der Waals surface area (Å²) < 4.78 is 11.2. The lowest BCUT2D eigenvalue weighted by atomic mass is 9.99. The monoisotopic (exact) mass is 700 g/mol. The summed E-state index contributed by atoms with van der Waals surface area (Å²) in [6.07, 6.45) is 0. The molecule has 12 aromatic rings. The van der Waals surface area contributed by atoms with E-state index in [1.54, 1.807) is 0 Å². The predicted octanol–water partition coefficient (Wildman–Crippen LogP) is 14.3. The molecular weight excluding hydrogens is 669 g/mol. The van der Waals surface area contributed by atoms with Gasteiger partial charge in [0.15, 0.2) is 0 Å². The molecule has 0 aliphatic rings. The second-order valence-electron chi connectivity index (χ2n) is 14.6. The highest BCUT2D eigenvalue weighted by Gasteiger charge is 2.18. The first kappa shape index (κ1) is 30.1. The normalized spacial score (nSPS) is 12.0. The highest BCUT2D eigenvalue weighted by Crippen LogP contribution is 2.41. The van der Waals surface area contributed by atoms with E-state index in [9.17, 15) is 0 Å². The Morgan fingerprint density at radius 1 is 0.273 bits per heavy atom. The largest absolute Gasteiger partial charge is 0.456 e. The summed E-state index contributed by atoms with van der Waals surface area (Å²) in [7, 11) is 0. The van der Waals surface area contributed by atoms with Crippen molar-refractivity contribution in [1.29, 1.82) is 0 Å². The summed E-state index contributed by atoms with van der Waals surface area (Å²) in [6.45, 7) is 0. The third-order valence-corrected chi connectivity index (χ3v) is 11.5. The fraction of sp³-hybridized carbons (Fsp3) is 0. The third kappa shape index (κ3) is 4.57. The molecule has 0 radical (unpaired) electrons. The molecule has 0 aliphatic heterocycles. The SMILES string of the molecule is c1ccc(-c2ccc3c4cc(-c5ccc6c(c5)c5cc7ccccc7cc5n6-c5ccc6c(c5)oc5ccccc56)ccc4n(-c4ccccc4)c3c2)cc1. The lowest BCUT2D eigenvalue weighted by molar-refractivity contribution is 0.668. The number of para-hydroxylation sites is 2. The summed E-state index contributed by atoms with van der Waals surface area (Å²) in [6, 6.07) is 70.4. The van der Waals surface area contributed by atoms with Crippen molar-refractivity contribution in [3.8, 4) is 33.6 Å². The van der Waals surface area contributed by atoms with E-state index in [1.165, 1.54) is 76.6 Å². The Morgan fingerprint density at radius 3 is 1.60 bits per heavy atom. The first-order valence-electron chi connectivity index (χ1n) is 18.8. The van der Waals surface area contributed by atoms with E-state index in [-0.39, 0.29) is 0 Å². The fourth-order valence-corrected chi connectivity index (χ4v) is 8.88. The van der Waals surface area contributed by atoms with Crippen LogP contribution < -0.4 is 0 Å². The van der Waals surface area contributed by atoms with Gasteiger partial charge in [-0.05, 0) is 106 Å². The average Bonchev–Trinajstić information content (AvgIpc) is 3.89. The van der Waals surface area contributed by atoms with E-state index in [1.807, 2.05) is 12.1 Å². The molecule has 0 spiro atoms. The van der Waals surface area contributed by atoms with Crippen LogP contribution in [0.25, 0.3) is 110 Å². The highest BCUT2D eigenvalue weighted by molar-refractivity contribution is 6.16. The van der Waals surface area contributed by atoms with Crippen molar-refractivity contribution in [1.82, 2.24) is 9.13 Å². The van der Waals surface area contributed by atoms with Crippen molar-refractivity contribution >= 4 is 76.3 Å². The summed E-state index contributed by atoms with van der Waals surface area (Å²) in [5, 5.41) is 9.67. The Kier molecular flexibility index (Phi) is 6.34. The van der Waals surface area contributed by atoms with E-state index in [2.05, 4.69) is 191 Å². The van der Waals surface area contributed by atoms with Gasteiger partial charge in [-0.1, -0.05) is 115 Å². The quantitative estimate of drug-likeness (QED) is 0.179. The molecule has 0 atom stereocenters. The molecule has 0 bridgehead atoms. The molecule has 9 aromatic carbocycles. The number of nitrogens with zero attached hydrogens (tertiary/aromatic N) is 2. The van der Waals surface area contributed by atoms with Gasteiger partial charge in [-0.3, -0.25) is 0 Å². The van der Waals surface area contributed by atoms with Crippen LogP contribution in [0.3, 0.4) is 0 Å². The topological polar surface area (TPSA) is 23.0 Å². The molecule has 0 fully saturated rings. The van der Waals surface area contributed by atoms with Crippen molar-refractivity contribution in [2.45, 2.75) is 0 Å². The van der Waals surface area contributed by atoms with Crippen molar-refractivity contribution in [2.75, 3.05) is 0 Å². The van der Waals surface area contributed by atoms with Crippen molar-refractivity contribution in [3.05, 3.63) is 194 Å². The van der Waals surface area contributed by atoms with Gasteiger partial charge in [0.05, 0.1) is 22.1 Å². The van der Waals surface area contributed by atoms with Crippen LogP contribution in [-0.4, -0.2) is 9.13 Å². The number of rotatable bonds is 4. The zero-order valence-electron chi connectivity index (χ0n) is 29.8. The van der Waals surface area contributed by atoms with Crippen molar-refractivity contribution < 1.29 is 4.42 Å². The van der Waals surface area contributed by atoms with Gasteiger partial charge in [0, 0.05) is 49.8 Å². The first-order chi connectivity index (χ1) is 27.2. The number of hydrogen-bond donors (Lipinski definition) is 0. The first-order valence-corrected chi connectivity index (χ1v) is 18.8. The van der Waals surface area contributed by atoms with Crippen molar-refractivity contribution in [3.63, 3.8) is 0 Å². The third-order valence-electron chi connectivity index (χ3n) is 11.5. The Hall–Kier alpha value is -7.36. The molecule has 3 nitrogen and oxygen atoms in total. The molecule has 0 unspecified atom stereocenters. The number of furan rings is 1. The minimum Gasteiger partial charge on any atom is -0.456 e. The second-order valence-corrected chi connectivity index (χ2v) is 14.6. The van der Waals surface area contributed by atoms with E-state index in [4.69, 9.17) is 4.42 Å². The van der Waals surface area contributed by atoms with Gasteiger partial charge in [-0.25, -0.2) is 0 Å². The van der Waals surface area contributed by atoms with Crippen LogP contribution in [0, 0.1) is 0 Å². The summed E-state index contributed by atoms with van der Waals surface area (Å²) in [5.41, 5.74) is 13.6. The Bertz CT molecular complexity index is 3470. The molecular formula is C52H32N2O. The fourth-order valence-electron chi connectivity index (χ4n) is 8.88. The standard InChI is InChI=1S/C52H32N2O/c1-3-11-33(12-4-1)38-19-23-41-44-28-36(20-25-47(44)53(49(41)31-38)39-15-5-2-6-16-39)37-21-26-48-45(29-37)46-27-34-13-7-8-14-35(34)30-50(46)54(48)40-22-24-43-42-17-9-10-18-51(42)55-52(43)32-40/h1-32H. The minimum absolute atomic E-state index is 0.893. The summed E-state index contributed by atoms with van der Waals surface area (Å²) in [5.74, 6) is 0. The van der Waals surface area contributed by atoms with Crippen LogP contribution in [0.15, 0.2) is 199 Å². The van der Waals surface area contributed by atoms with Gasteiger partial charge >= 0.3 is 0 Å². The molecule has 0 N–H and O–H groups in total. The zero-order chi connectivity index (χ0) is 36.0. The van der Waals surface area contributed by atoms with Gasteiger partial charge in [0.2, 0.25) is 0 Å². The van der Waals surface area contributed by atoms with E-state index in [0.29, 0.717) is 0 Å². The molecule has 0 saturated heterocycles. The van der Waals surface area contributed by atoms with Crippen LogP contribution in [-0.2, 0) is 0 Å². The van der Waals surface area contributed by atoms with E-state index < -0.39 is 0 Å². The molecule has 256 valence electrons. The number of benzene rings is 9. The van der Waals surface area contributed by atoms with Crippen molar-refractivity contribution in [2.24, 2.45) is 0 Å². The lowest BCUT2D eigenvalue weighted by Crippen LogP contribution is -1.94. The minimum atomic E-state index is 0.893. The van der Waals surface area contributed by atoms with Gasteiger partial charge in [0.1, 0.15) is 11.2 Å². The molecule has 3 aromatic heterocycles. The van der Waals surface area contributed by atoms with Gasteiger partial charge < -0.3 is 13.6 Å². The van der Waals surface area contributed by atoms with E-state index in [0.717, 1.165) is 33.3 Å². The highest BCUT2D eigenvalue weighted by atomic mass is 16.3. The molecule has 3 heteroatoms. The predicted molar refractivity (Wildman–Crippen MR) is 231 cm³/mol. The molecule has 55 heavy (non-hydrogen) atoms. The Labute approximate surface area is 316 Å². The van der Waals surface area contributed by atoms with Gasteiger partial charge in [-0.15, -0.1) is 0 Å².